The van der Waals surface area contributed by atoms with Crippen molar-refractivity contribution in [3.63, 3.8) is 0 Å². The molecular formula is C27H25NO5. The van der Waals surface area contributed by atoms with E-state index in [4.69, 9.17) is 18.9 Å². The van der Waals surface area contributed by atoms with Gasteiger partial charge in [-0.15, -0.1) is 0 Å². The molecule has 0 N–H and O–H groups in total. The van der Waals surface area contributed by atoms with Gasteiger partial charge in [-0.2, -0.15) is 0 Å². The molecule has 0 amide bonds. The first-order valence-corrected chi connectivity index (χ1v) is 10.6. The quantitative estimate of drug-likeness (QED) is 0.275. The van der Waals surface area contributed by atoms with E-state index < -0.39 is 5.97 Å². The highest BCUT2D eigenvalue weighted by molar-refractivity contribution is 6.12. The zero-order valence-corrected chi connectivity index (χ0v) is 18.8. The number of cyclic esters (lactones) is 1. The van der Waals surface area contributed by atoms with Crippen LogP contribution >= 0.6 is 0 Å². The molecule has 0 atom stereocenters. The van der Waals surface area contributed by atoms with Crippen LogP contribution in [0.25, 0.3) is 6.08 Å². The minimum absolute atomic E-state index is 0.227. The smallest absolute Gasteiger partial charge is 0.363 e. The van der Waals surface area contributed by atoms with Crippen molar-refractivity contribution in [1.29, 1.82) is 0 Å². The molecule has 168 valence electrons. The number of methoxy groups -OCH3 is 1. The lowest BCUT2D eigenvalue weighted by molar-refractivity contribution is -0.129. The second-order valence-electron chi connectivity index (χ2n) is 7.59. The maximum absolute atomic E-state index is 12.4. The highest BCUT2D eigenvalue weighted by Gasteiger charge is 2.24. The lowest BCUT2D eigenvalue weighted by atomic mass is 10.1. The van der Waals surface area contributed by atoms with Gasteiger partial charge in [0.2, 0.25) is 5.90 Å². The molecule has 1 aliphatic rings. The van der Waals surface area contributed by atoms with Crippen LogP contribution in [-0.2, 0) is 9.53 Å². The fraction of sp³-hybridized carbons (Fsp3) is 0.185. The summed E-state index contributed by atoms with van der Waals surface area (Å²) in [4.78, 5) is 16.8. The second kappa shape index (κ2) is 10.0. The van der Waals surface area contributed by atoms with E-state index in [0.717, 1.165) is 22.3 Å². The van der Waals surface area contributed by atoms with Crippen LogP contribution in [0.3, 0.4) is 0 Å². The average Bonchev–Trinajstić information content (AvgIpc) is 3.19. The molecule has 0 aromatic heterocycles. The topological polar surface area (TPSA) is 66.3 Å². The van der Waals surface area contributed by atoms with Crippen molar-refractivity contribution in [2.24, 2.45) is 4.99 Å². The van der Waals surface area contributed by atoms with Crippen molar-refractivity contribution in [2.45, 2.75) is 13.8 Å². The lowest BCUT2D eigenvalue weighted by Crippen LogP contribution is -2.10. The Labute approximate surface area is 193 Å². The van der Waals surface area contributed by atoms with Gasteiger partial charge in [0, 0.05) is 11.1 Å². The van der Waals surface area contributed by atoms with Crippen molar-refractivity contribution in [3.05, 3.63) is 94.7 Å². The first-order valence-electron chi connectivity index (χ1n) is 10.6. The Morgan fingerprint density at radius 2 is 1.52 bits per heavy atom. The van der Waals surface area contributed by atoms with Gasteiger partial charge in [0.05, 0.1) is 7.11 Å². The summed E-state index contributed by atoms with van der Waals surface area (Å²) in [5, 5.41) is 0. The van der Waals surface area contributed by atoms with Gasteiger partial charge in [-0.1, -0.05) is 35.9 Å². The highest BCUT2D eigenvalue weighted by Crippen LogP contribution is 2.28. The molecule has 4 rings (SSSR count). The van der Waals surface area contributed by atoms with Crippen LogP contribution in [0.2, 0.25) is 0 Å². The number of carbonyl (C=O) groups is 1. The number of aryl methyl sites for hydroxylation is 2. The maximum atomic E-state index is 12.4. The normalized spacial score (nSPS) is 14.1. The minimum atomic E-state index is -0.490. The molecule has 0 saturated carbocycles. The third-order valence-electron chi connectivity index (χ3n) is 5.02. The average molecular weight is 443 g/mol. The van der Waals surface area contributed by atoms with E-state index in [0.29, 0.717) is 36.4 Å². The van der Waals surface area contributed by atoms with Crippen molar-refractivity contribution in [1.82, 2.24) is 0 Å². The Morgan fingerprint density at radius 3 is 2.24 bits per heavy atom. The van der Waals surface area contributed by atoms with Crippen LogP contribution in [0.4, 0.5) is 0 Å². The number of ether oxygens (including phenoxy) is 4. The number of nitrogens with zero attached hydrogens (tertiary/aromatic N) is 1. The number of aliphatic imine (C=N–C) groups is 1. The van der Waals surface area contributed by atoms with Crippen LogP contribution in [0.1, 0.15) is 22.3 Å². The third kappa shape index (κ3) is 5.41. The van der Waals surface area contributed by atoms with E-state index in [1.54, 1.807) is 13.2 Å². The Balaban J connectivity index is 1.47. The van der Waals surface area contributed by atoms with Crippen molar-refractivity contribution >= 4 is 17.9 Å². The molecule has 0 bridgehead atoms. The highest BCUT2D eigenvalue weighted by atomic mass is 16.6. The van der Waals surface area contributed by atoms with Gasteiger partial charge in [-0.25, -0.2) is 9.79 Å². The van der Waals surface area contributed by atoms with E-state index >= 15 is 0 Å². The number of hydrogen-bond acceptors (Lipinski definition) is 6. The first kappa shape index (κ1) is 22.1. The number of carbonyl (C=O) groups excluding carboxylic acids is 1. The zero-order chi connectivity index (χ0) is 23.2. The molecule has 0 fully saturated rings. The molecule has 1 heterocycles. The number of benzene rings is 3. The lowest BCUT2D eigenvalue weighted by Gasteiger charge is -2.13. The van der Waals surface area contributed by atoms with Crippen LogP contribution < -0.4 is 14.2 Å². The second-order valence-corrected chi connectivity index (χ2v) is 7.59. The van der Waals surface area contributed by atoms with E-state index in [1.165, 1.54) is 0 Å². The van der Waals surface area contributed by atoms with E-state index in [-0.39, 0.29) is 5.70 Å². The molecule has 0 aliphatic carbocycles. The first-order chi connectivity index (χ1) is 16.0. The Hall–Kier alpha value is -4.06. The van der Waals surface area contributed by atoms with Gasteiger partial charge < -0.3 is 18.9 Å². The predicted molar refractivity (Wildman–Crippen MR) is 127 cm³/mol. The van der Waals surface area contributed by atoms with Crippen molar-refractivity contribution < 1.29 is 23.7 Å². The fourth-order valence-electron chi connectivity index (χ4n) is 3.37. The van der Waals surface area contributed by atoms with Crippen LogP contribution in [-0.4, -0.2) is 32.2 Å². The molecule has 1 aliphatic heterocycles. The number of hydrogen-bond donors (Lipinski definition) is 0. The monoisotopic (exact) mass is 443 g/mol. The molecule has 0 radical (unpaired) electrons. The van der Waals surface area contributed by atoms with Gasteiger partial charge in [0.15, 0.2) is 17.2 Å². The minimum Gasteiger partial charge on any atom is -0.493 e. The van der Waals surface area contributed by atoms with Crippen molar-refractivity contribution in [3.8, 4) is 17.2 Å². The summed E-state index contributed by atoms with van der Waals surface area (Å²) in [5.74, 6) is 1.78. The summed E-state index contributed by atoms with van der Waals surface area (Å²) in [5.41, 5.74) is 3.85. The SMILES string of the molecule is COc1cc(C)ccc1OCCOc1ccc(C)cc1/C=C1/N=C(c2ccccc2)OC1=O. The molecule has 6 nitrogen and oxygen atoms in total. The largest absolute Gasteiger partial charge is 0.493 e. The summed E-state index contributed by atoms with van der Waals surface area (Å²) in [7, 11) is 1.62. The Morgan fingerprint density at radius 1 is 0.848 bits per heavy atom. The molecule has 0 unspecified atom stereocenters. The zero-order valence-electron chi connectivity index (χ0n) is 18.8. The summed E-state index contributed by atoms with van der Waals surface area (Å²) < 4.78 is 22.5. The molecule has 6 heteroatoms. The molecule has 3 aromatic rings. The third-order valence-corrected chi connectivity index (χ3v) is 5.02. The summed E-state index contributed by atoms with van der Waals surface area (Å²) in [6.07, 6.45) is 1.68. The summed E-state index contributed by atoms with van der Waals surface area (Å²) in [6.45, 7) is 4.63. The molecule has 3 aromatic carbocycles. The van der Waals surface area contributed by atoms with Crippen molar-refractivity contribution in [2.75, 3.05) is 20.3 Å². The van der Waals surface area contributed by atoms with Crippen LogP contribution in [0.5, 0.6) is 17.2 Å². The Kier molecular flexibility index (Phi) is 6.74. The van der Waals surface area contributed by atoms with Gasteiger partial charge >= 0.3 is 5.97 Å². The van der Waals surface area contributed by atoms with Gasteiger partial charge in [-0.05, 0) is 61.9 Å². The maximum Gasteiger partial charge on any atom is 0.363 e. The number of esters is 1. The molecule has 33 heavy (non-hydrogen) atoms. The number of rotatable bonds is 8. The van der Waals surface area contributed by atoms with Crippen LogP contribution in [0.15, 0.2) is 77.4 Å². The van der Waals surface area contributed by atoms with E-state index in [9.17, 15) is 4.79 Å². The summed E-state index contributed by atoms with van der Waals surface area (Å²) >= 11 is 0. The Bertz CT molecular complexity index is 1210. The molecule has 0 saturated heterocycles. The van der Waals surface area contributed by atoms with E-state index in [2.05, 4.69) is 4.99 Å². The standard InChI is InChI=1S/C27H25NO5/c1-18-9-11-23(31-13-14-32-24-12-10-19(2)16-25(24)30-3)21(15-18)17-22-27(29)33-26(28-22)20-7-5-4-6-8-20/h4-12,15-17H,13-14H2,1-3H3/b22-17+. The van der Waals surface area contributed by atoms with Gasteiger partial charge in [0.1, 0.15) is 19.0 Å². The predicted octanol–water partition coefficient (Wildman–Crippen LogP) is 5.11. The van der Waals surface area contributed by atoms with Gasteiger partial charge in [-0.3, -0.25) is 0 Å². The fourth-order valence-corrected chi connectivity index (χ4v) is 3.37. The van der Waals surface area contributed by atoms with E-state index in [1.807, 2.05) is 80.6 Å². The molecular weight excluding hydrogens is 418 g/mol. The molecule has 0 spiro atoms. The van der Waals surface area contributed by atoms with Gasteiger partial charge in [0.25, 0.3) is 0 Å². The van der Waals surface area contributed by atoms with Crippen LogP contribution in [0, 0.1) is 13.8 Å². The summed E-state index contributed by atoms with van der Waals surface area (Å²) in [6, 6.07) is 20.9.